The van der Waals surface area contributed by atoms with E-state index in [4.69, 9.17) is 20.4 Å². The van der Waals surface area contributed by atoms with Crippen molar-refractivity contribution in [1.82, 2.24) is 24.7 Å². The molecule has 1 saturated heterocycles. The SMILES string of the molecule is CCc1nc2c(N)ncc(-c3ccn(C)n3)c2nc1NC1CCOCC1. The maximum absolute atomic E-state index is 6.09. The summed E-state index contributed by atoms with van der Waals surface area (Å²) < 4.78 is 7.20. The highest BCUT2D eigenvalue weighted by molar-refractivity contribution is 5.96. The van der Waals surface area contributed by atoms with E-state index in [2.05, 4.69) is 22.3 Å². The molecule has 26 heavy (non-hydrogen) atoms. The summed E-state index contributed by atoms with van der Waals surface area (Å²) in [6, 6.07) is 2.28. The number of nitrogen functional groups attached to an aromatic ring is 1. The summed E-state index contributed by atoms with van der Waals surface area (Å²) in [5, 5.41) is 8.04. The molecule has 0 bridgehead atoms. The van der Waals surface area contributed by atoms with E-state index in [-0.39, 0.29) is 0 Å². The van der Waals surface area contributed by atoms with Crippen molar-refractivity contribution in [1.29, 1.82) is 0 Å². The molecule has 0 amide bonds. The summed E-state index contributed by atoms with van der Waals surface area (Å²) in [5.41, 5.74) is 9.98. The minimum Gasteiger partial charge on any atom is -0.382 e. The molecule has 1 aliphatic rings. The Labute approximate surface area is 151 Å². The Hall–Kier alpha value is -2.74. The van der Waals surface area contributed by atoms with E-state index in [0.29, 0.717) is 17.4 Å². The van der Waals surface area contributed by atoms with Crippen LogP contribution in [0, 0.1) is 0 Å². The second-order valence-corrected chi connectivity index (χ2v) is 6.53. The van der Waals surface area contributed by atoms with Crippen molar-refractivity contribution in [2.24, 2.45) is 7.05 Å². The first-order chi connectivity index (χ1) is 12.7. The van der Waals surface area contributed by atoms with Gasteiger partial charge in [0.25, 0.3) is 0 Å². The molecular weight excluding hydrogens is 330 g/mol. The maximum Gasteiger partial charge on any atom is 0.151 e. The molecule has 0 unspecified atom stereocenters. The molecule has 1 aliphatic heterocycles. The first kappa shape index (κ1) is 16.7. The molecule has 0 spiro atoms. The van der Waals surface area contributed by atoms with Gasteiger partial charge in [0.2, 0.25) is 0 Å². The van der Waals surface area contributed by atoms with Gasteiger partial charge in [-0.1, -0.05) is 6.92 Å². The zero-order valence-electron chi connectivity index (χ0n) is 15.1. The monoisotopic (exact) mass is 353 g/mol. The van der Waals surface area contributed by atoms with Crippen LogP contribution in [0.15, 0.2) is 18.5 Å². The molecule has 0 aliphatic carbocycles. The van der Waals surface area contributed by atoms with Crippen LogP contribution in [0.25, 0.3) is 22.3 Å². The number of hydrogen-bond donors (Lipinski definition) is 2. The third-order valence-electron chi connectivity index (χ3n) is 4.69. The minimum atomic E-state index is 0.346. The van der Waals surface area contributed by atoms with E-state index in [9.17, 15) is 0 Å². The molecule has 8 heteroatoms. The van der Waals surface area contributed by atoms with Crippen LogP contribution in [0.5, 0.6) is 0 Å². The van der Waals surface area contributed by atoms with E-state index in [1.807, 2.05) is 19.3 Å². The summed E-state index contributed by atoms with van der Waals surface area (Å²) >= 11 is 0. The number of aryl methyl sites for hydroxylation is 2. The Kier molecular flexibility index (Phi) is 4.42. The van der Waals surface area contributed by atoms with Crippen LogP contribution in [0.3, 0.4) is 0 Å². The van der Waals surface area contributed by atoms with Gasteiger partial charge in [-0.2, -0.15) is 5.10 Å². The summed E-state index contributed by atoms with van der Waals surface area (Å²) in [5.74, 6) is 1.20. The average molecular weight is 353 g/mol. The van der Waals surface area contributed by atoms with Gasteiger partial charge in [-0.05, 0) is 25.3 Å². The lowest BCUT2D eigenvalue weighted by Gasteiger charge is -2.24. The lowest BCUT2D eigenvalue weighted by molar-refractivity contribution is 0.0903. The summed E-state index contributed by atoms with van der Waals surface area (Å²) in [4.78, 5) is 14.0. The van der Waals surface area contributed by atoms with Crippen LogP contribution in [-0.2, 0) is 18.2 Å². The fourth-order valence-electron chi connectivity index (χ4n) is 3.24. The number of fused-ring (bicyclic) bond motifs is 1. The van der Waals surface area contributed by atoms with Gasteiger partial charge >= 0.3 is 0 Å². The Balaban J connectivity index is 1.83. The number of nitrogens with two attached hydrogens (primary N) is 1. The molecule has 0 radical (unpaired) electrons. The number of hydrogen-bond acceptors (Lipinski definition) is 7. The Morgan fingerprint density at radius 1 is 1.27 bits per heavy atom. The second-order valence-electron chi connectivity index (χ2n) is 6.53. The Bertz CT molecular complexity index is 931. The van der Waals surface area contributed by atoms with Crippen LogP contribution in [0.2, 0.25) is 0 Å². The van der Waals surface area contributed by atoms with Gasteiger partial charge in [0.05, 0.1) is 11.4 Å². The van der Waals surface area contributed by atoms with E-state index in [1.54, 1.807) is 10.9 Å². The highest BCUT2D eigenvalue weighted by Crippen LogP contribution is 2.30. The lowest BCUT2D eigenvalue weighted by atomic mass is 10.1. The summed E-state index contributed by atoms with van der Waals surface area (Å²) in [6.45, 7) is 3.61. The molecule has 8 nitrogen and oxygen atoms in total. The number of rotatable bonds is 4. The predicted molar refractivity (Wildman–Crippen MR) is 101 cm³/mol. The van der Waals surface area contributed by atoms with Gasteiger partial charge in [0.15, 0.2) is 5.82 Å². The fraction of sp³-hybridized carbons (Fsp3) is 0.444. The topological polar surface area (TPSA) is 104 Å². The van der Waals surface area contributed by atoms with Gasteiger partial charge in [-0.3, -0.25) is 4.68 Å². The molecule has 3 aromatic heterocycles. The fourth-order valence-corrected chi connectivity index (χ4v) is 3.24. The number of nitrogens with one attached hydrogen (secondary N) is 1. The van der Waals surface area contributed by atoms with E-state index in [0.717, 1.165) is 60.8 Å². The first-order valence-electron chi connectivity index (χ1n) is 8.95. The predicted octanol–water partition coefficient (Wildman–Crippen LogP) is 2.16. The molecule has 0 saturated carbocycles. The molecule has 3 N–H and O–H groups in total. The number of nitrogens with zero attached hydrogens (tertiary/aromatic N) is 5. The van der Waals surface area contributed by atoms with Crippen molar-refractivity contribution in [3.05, 3.63) is 24.2 Å². The van der Waals surface area contributed by atoms with Gasteiger partial charge < -0.3 is 15.8 Å². The van der Waals surface area contributed by atoms with Crippen molar-refractivity contribution in [2.75, 3.05) is 24.3 Å². The minimum absolute atomic E-state index is 0.346. The number of aromatic nitrogens is 5. The summed E-state index contributed by atoms with van der Waals surface area (Å²) in [7, 11) is 1.88. The lowest BCUT2D eigenvalue weighted by Crippen LogP contribution is -2.29. The zero-order valence-corrected chi connectivity index (χ0v) is 15.1. The number of anilines is 2. The smallest absolute Gasteiger partial charge is 0.151 e. The molecule has 4 rings (SSSR count). The molecule has 3 aromatic rings. The van der Waals surface area contributed by atoms with Crippen molar-refractivity contribution in [3.8, 4) is 11.3 Å². The van der Waals surface area contributed by atoms with Crippen molar-refractivity contribution >= 4 is 22.7 Å². The van der Waals surface area contributed by atoms with Gasteiger partial charge in [-0.15, -0.1) is 0 Å². The van der Waals surface area contributed by atoms with Crippen molar-refractivity contribution in [3.63, 3.8) is 0 Å². The van der Waals surface area contributed by atoms with Gasteiger partial charge in [0.1, 0.15) is 16.9 Å². The third-order valence-corrected chi connectivity index (χ3v) is 4.69. The van der Waals surface area contributed by atoms with Crippen LogP contribution in [-0.4, -0.2) is 44.0 Å². The Morgan fingerprint density at radius 2 is 2.08 bits per heavy atom. The van der Waals surface area contributed by atoms with Crippen molar-refractivity contribution in [2.45, 2.75) is 32.2 Å². The highest BCUT2D eigenvalue weighted by atomic mass is 16.5. The van der Waals surface area contributed by atoms with Crippen LogP contribution in [0.4, 0.5) is 11.6 Å². The molecular formula is C18H23N7O. The normalized spacial score (nSPS) is 15.5. The third kappa shape index (κ3) is 3.08. The maximum atomic E-state index is 6.09. The molecule has 0 aromatic carbocycles. The quantitative estimate of drug-likeness (QED) is 0.740. The molecule has 1 fully saturated rings. The standard InChI is InChI=1S/C18H23N7O/c1-3-13-18(21-11-5-8-26-9-6-11)23-15-12(14-4-7-25(2)24-14)10-20-17(19)16(15)22-13/h4,7,10-11H,3,5-6,8-9H2,1-2H3,(H2,19,20)(H,21,23). The first-order valence-corrected chi connectivity index (χ1v) is 8.95. The molecule has 4 heterocycles. The van der Waals surface area contributed by atoms with E-state index >= 15 is 0 Å². The number of ether oxygens (including phenoxy) is 1. The number of pyridine rings is 1. The molecule has 0 atom stereocenters. The molecule has 136 valence electrons. The van der Waals surface area contributed by atoms with E-state index < -0.39 is 0 Å². The largest absolute Gasteiger partial charge is 0.382 e. The van der Waals surface area contributed by atoms with Crippen molar-refractivity contribution < 1.29 is 4.74 Å². The van der Waals surface area contributed by atoms with Gasteiger partial charge in [-0.25, -0.2) is 15.0 Å². The zero-order chi connectivity index (χ0) is 18.1. The average Bonchev–Trinajstić information content (AvgIpc) is 3.09. The summed E-state index contributed by atoms with van der Waals surface area (Å²) in [6.07, 6.45) is 6.32. The van der Waals surface area contributed by atoms with Crippen LogP contribution >= 0.6 is 0 Å². The van der Waals surface area contributed by atoms with Crippen LogP contribution in [0.1, 0.15) is 25.5 Å². The van der Waals surface area contributed by atoms with E-state index in [1.165, 1.54) is 0 Å². The van der Waals surface area contributed by atoms with Gasteiger partial charge in [0, 0.05) is 44.3 Å². The Morgan fingerprint density at radius 3 is 2.77 bits per heavy atom. The second kappa shape index (κ2) is 6.87. The van der Waals surface area contributed by atoms with Crippen LogP contribution < -0.4 is 11.1 Å². The highest BCUT2D eigenvalue weighted by Gasteiger charge is 2.19.